The number of carbonyl (C=O) groups excluding carboxylic acids is 1. The summed E-state index contributed by atoms with van der Waals surface area (Å²) in [5.41, 5.74) is 2.81. The van der Waals surface area contributed by atoms with Crippen molar-refractivity contribution in [1.82, 2.24) is 14.3 Å². The van der Waals surface area contributed by atoms with Gasteiger partial charge in [0.05, 0.1) is 17.4 Å². The predicted octanol–water partition coefficient (Wildman–Crippen LogP) is 3.89. The highest BCUT2D eigenvalue weighted by Gasteiger charge is 2.26. The van der Waals surface area contributed by atoms with Crippen LogP contribution in [-0.4, -0.2) is 20.3 Å². The number of aromatic nitrogens is 3. The third kappa shape index (κ3) is 2.67. The minimum atomic E-state index is -0.0336. The van der Waals surface area contributed by atoms with Crippen molar-refractivity contribution in [3.63, 3.8) is 0 Å². The third-order valence-electron chi connectivity index (χ3n) is 4.43. The lowest BCUT2D eigenvalue weighted by Gasteiger charge is -2.12. The quantitative estimate of drug-likeness (QED) is 0.783. The number of hydrogen-bond donors (Lipinski definition) is 1. The zero-order valence-corrected chi connectivity index (χ0v) is 14.5. The summed E-state index contributed by atoms with van der Waals surface area (Å²) in [6.45, 7) is 2.82. The van der Waals surface area contributed by atoms with Crippen LogP contribution in [0, 0.1) is 0 Å². The number of nitrogens with one attached hydrogen (secondary N) is 1. The van der Waals surface area contributed by atoms with Gasteiger partial charge in [0.15, 0.2) is 0 Å². The van der Waals surface area contributed by atoms with Crippen molar-refractivity contribution in [2.75, 3.05) is 5.32 Å². The van der Waals surface area contributed by atoms with Gasteiger partial charge in [-0.3, -0.25) is 9.48 Å². The molecule has 0 saturated heterocycles. The summed E-state index contributed by atoms with van der Waals surface area (Å²) >= 11 is 1.75. The Morgan fingerprint density at radius 3 is 2.83 bits per heavy atom. The van der Waals surface area contributed by atoms with Gasteiger partial charge < -0.3 is 9.88 Å². The fraction of sp³-hybridized carbons (Fsp3) is 0.333. The lowest BCUT2D eigenvalue weighted by atomic mass is 9.95. The second kappa shape index (κ2) is 6.28. The van der Waals surface area contributed by atoms with Crippen LogP contribution in [0.4, 0.5) is 5.69 Å². The van der Waals surface area contributed by atoms with Crippen molar-refractivity contribution in [3.8, 4) is 5.00 Å². The molecule has 3 aromatic heterocycles. The van der Waals surface area contributed by atoms with Crippen molar-refractivity contribution in [2.24, 2.45) is 0 Å². The van der Waals surface area contributed by atoms with Crippen molar-refractivity contribution < 1.29 is 4.79 Å². The molecule has 0 saturated carbocycles. The zero-order chi connectivity index (χ0) is 16.5. The second-order valence-corrected chi connectivity index (χ2v) is 7.10. The van der Waals surface area contributed by atoms with E-state index in [-0.39, 0.29) is 5.91 Å². The van der Waals surface area contributed by atoms with E-state index >= 15 is 0 Å². The van der Waals surface area contributed by atoms with Crippen LogP contribution in [0.5, 0.6) is 0 Å². The smallest absolute Gasteiger partial charge is 0.259 e. The molecule has 4 rings (SSSR count). The molecule has 1 aliphatic rings. The summed E-state index contributed by atoms with van der Waals surface area (Å²) in [6, 6.07) is 3.98. The second-order valence-electron chi connectivity index (χ2n) is 6.02. The zero-order valence-electron chi connectivity index (χ0n) is 13.7. The molecule has 0 unspecified atom stereocenters. The highest BCUT2D eigenvalue weighted by molar-refractivity contribution is 7.15. The van der Waals surface area contributed by atoms with Crippen LogP contribution in [0.1, 0.15) is 40.6 Å². The number of fused-ring (bicyclic) bond motifs is 1. The molecule has 1 amide bonds. The molecule has 0 spiro atoms. The van der Waals surface area contributed by atoms with Crippen molar-refractivity contribution in [2.45, 2.75) is 39.2 Å². The maximum Gasteiger partial charge on any atom is 0.259 e. The Bertz CT molecular complexity index is 860. The molecule has 0 aliphatic heterocycles. The first-order chi connectivity index (χ1) is 11.8. The topological polar surface area (TPSA) is 51.9 Å². The van der Waals surface area contributed by atoms with Gasteiger partial charge in [-0.05, 0) is 50.3 Å². The number of thiophene rings is 1. The largest absolute Gasteiger partial charge is 0.319 e. The minimum Gasteiger partial charge on any atom is -0.319 e. The summed E-state index contributed by atoms with van der Waals surface area (Å²) < 4.78 is 3.86. The van der Waals surface area contributed by atoms with Crippen molar-refractivity contribution in [3.05, 3.63) is 52.9 Å². The van der Waals surface area contributed by atoms with Crippen LogP contribution in [0.3, 0.4) is 0 Å². The molecule has 0 aromatic carbocycles. The molecule has 6 heteroatoms. The monoisotopic (exact) mass is 340 g/mol. The third-order valence-corrected chi connectivity index (χ3v) is 5.74. The van der Waals surface area contributed by atoms with Gasteiger partial charge in [0.25, 0.3) is 5.91 Å². The highest BCUT2D eigenvalue weighted by Crippen LogP contribution is 2.37. The van der Waals surface area contributed by atoms with Crippen LogP contribution in [0.2, 0.25) is 0 Å². The standard InChI is InChI=1S/C18H20N4OS/c1-2-22-12-13(11-19-22)20-17(23)16-14-7-3-4-8-15(14)24-18(16)21-9-5-6-10-21/h5-6,9-12H,2-4,7-8H2,1H3,(H,20,23). The normalized spacial score (nSPS) is 13.7. The van der Waals surface area contributed by atoms with Crippen LogP contribution in [-0.2, 0) is 19.4 Å². The summed E-state index contributed by atoms with van der Waals surface area (Å²) in [5.74, 6) is -0.0336. The number of aryl methyl sites for hydroxylation is 2. The van der Waals surface area contributed by atoms with Gasteiger partial charge in [0.2, 0.25) is 0 Å². The molecule has 124 valence electrons. The average molecular weight is 340 g/mol. The summed E-state index contributed by atoms with van der Waals surface area (Å²) in [7, 11) is 0. The molecule has 24 heavy (non-hydrogen) atoms. The summed E-state index contributed by atoms with van der Waals surface area (Å²) in [5, 5.41) is 8.27. The average Bonchev–Trinajstić information content (AvgIpc) is 3.33. The lowest BCUT2D eigenvalue weighted by molar-refractivity contribution is 0.102. The molecule has 3 aromatic rings. The van der Waals surface area contributed by atoms with E-state index in [0.29, 0.717) is 0 Å². The molecule has 0 bridgehead atoms. The number of amides is 1. The van der Waals surface area contributed by atoms with E-state index in [9.17, 15) is 4.79 Å². The van der Waals surface area contributed by atoms with E-state index in [1.807, 2.05) is 46.9 Å². The Labute approximate surface area is 144 Å². The van der Waals surface area contributed by atoms with Crippen molar-refractivity contribution in [1.29, 1.82) is 0 Å². The summed E-state index contributed by atoms with van der Waals surface area (Å²) in [4.78, 5) is 14.4. The molecule has 3 heterocycles. The van der Waals surface area contributed by atoms with E-state index in [1.54, 1.807) is 17.5 Å². The fourth-order valence-corrected chi connectivity index (χ4v) is 4.58. The maximum absolute atomic E-state index is 13.0. The number of rotatable bonds is 4. The first-order valence-corrected chi connectivity index (χ1v) is 9.19. The van der Waals surface area contributed by atoms with Gasteiger partial charge in [0.1, 0.15) is 5.00 Å². The van der Waals surface area contributed by atoms with E-state index in [0.717, 1.165) is 42.1 Å². The molecule has 1 N–H and O–H groups in total. The molecular formula is C18H20N4OS. The Hall–Kier alpha value is -2.34. The Kier molecular flexibility index (Phi) is 3.98. The number of nitrogens with zero attached hydrogens (tertiary/aromatic N) is 3. The summed E-state index contributed by atoms with van der Waals surface area (Å²) in [6.07, 6.45) is 12.0. The first-order valence-electron chi connectivity index (χ1n) is 8.38. The van der Waals surface area contributed by atoms with Gasteiger partial charge in [-0.25, -0.2) is 0 Å². The van der Waals surface area contributed by atoms with Gasteiger partial charge in [-0.1, -0.05) is 0 Å². The van der Waals surface area contributed by atoms with Gasteiger partial charge in [0, 0.05) is 30.0 Å². The number of anilines is 1. The van der Waals surface area contributed by atoms with Crippen LogP contribution in [0.15, 0.2) is 36.9 Å². The predicted molar refractivity (Wildman–Crippen MR) is 96.1 cm³/mol. The fourth-order valence-electron chi connectivity index (χ4n) is 3.23. The Morgan fingerprint density at radius 2 is 2.08 bits per heavy atom. The lowest BCUT2D eigenvalue weighted by Crippen LogP contribution is -2.16. The molecule has 0 atom stereocenters. The molecule has 0 fully saturated rings. The molecule has 5 nitrogen and oxygen atoms in total. The van der Waals surface area contributed by atoms with Crippen LogP contribution < -0.4 is 5.32 Å². The van der Waals surface area contributed by atoms with Gasteiger partial charge >= 0.3 is 0 Å². The van der Waals surface area contributed by atoms with Crippen LogP contribution >= 0.6 is 11.3 Å². The number of carbonyl (C=O) groups is 1. The number of hydrogen-bond acceptors (Lipinski definition) is 3. The maximum atomic E-state index is 13.0. The minimum absolute atomic E-state index is 0.0336. The molecular weight excluding hydrogens is 320 g/mol. The van der Waals surface area contributed by atoms with E-state index in [1.165, 1.54) is 16.9 Å². The van der Waals surface area contributed by atoms with E-state index in [2.05, 4.69) is 10.4 Å². The highest BCUT2D eigenvalue weighted by atomic mass is 32.1. The molecule has 1 aliphatic carbocycles. The van der Waals surface area contributed by atoms with Gasteiger partial charge in [-0.15, -0.1) is 11.3 Å². The van der Waals surface area contributed by atoms with Crippen LogP contribution in [0.25, 0.3) is 5.00 Å². The van der Waals surface area contributed by atoms with E-state index < -0.39 is 0 Å². The van der Waals surface area contributed by atoms with Gasteiger partial charge in [-0.2, -0.15) is 5.10 Å². The Balaban J connectivity index is 1.72. The Morgan fingerprint density at radius 1 is 1.29 bits per heavy atom. The SMILES string of the molecule is CCn1cc(NC(=O)c2c(-n3cccc3)sc3c2CCCC3)cn1. The first kappa shape index (κ1) is 15.2. The molecule has 0 radical (unpaired) electrons. The van der Waals surface area contributed by atoms with E-state index in [4.69, 9.17) is 0 Å². The van der Waals surface area contributed by atoms with Crippen molar-refractivity contribution >= 4 is 22.9 Å².